The summed E-state index contributed by atoms with van der Waals surface area (Å²) in [6.07, 6.45) is -4.76. The number of carbonyl (C=O) groups is 1. The lowest BCUT2D eigenvalue weighted by molar-refractivity contribution is -0.137. The summed E-state index contributed by atoms with van der Waals surface area (Å²) in [5, 5.41) is 7.41. The summed E-state index contributed by atoms with van der Waals surface area (Å²) in [7, 11) is -4.32. The van der Waals surface area contributed by atoms with E-state index in [4.69, 9.17) is 23.2 Å². The SMILES string of the molecule is Cc1cc(S(=O)(=O)NC(=O)c2nnn(-c3ccc(Cl)cc3C(F)(F)F)c2C)c(C)cc1Cl. The van der Waals surface area contributed by atoms with E-state index >= 15 is 0 Å². The molecular formula is C19H15Cl2F3N4O3S. The zero-order valence-electron chi connectivity index (χ0n) is 16.8. The monoisotopic (exact) mass is 506 g/mol. The van der Waals surface area contributed by atoms with E-state index in [1.54, 1.807) is 6.92 Å². The Morgan fingerprint density at radius 3 is 2.34 bits per heavy atom. The van der Waals surface area contributed by atoms with Crippen molar-refractivity contribution in [2.75, 3.05) is 0 Å². The topological polar surface area (TPSA) is 93.9 Å². The number of halogens is 5. The van der Waals surface area contributed by atoms with Crippen LogP contribution in [0.2, 0.25) is 10.0 Å². The van der Waals surface area contributed by atoms with Gasteiger partial charge >= 0.3 is 6.18 Å². The zero-order valence-corrected chi connectivity index (χ0v) is 19.1. The first-order valence-electron chi connectivity index (χ1n) is 8.85. The van der Waals surface area contributed by atoms with Crippen LogP contribution in [-0.4, -0.2) is 29.3 Å². The van der Waals surface area contributed by atoms with Crippen LogP contribution in [0.25, 0.3) is 5.69 Å². The van der Waals surface area contributed by atoms with Gasteiger partial charge in [-0.25, -0.2) is 17.8 Å². The van der Waals surface area contributed by atoms with Crippen molar-refractivity contribution in [2.45, 2.75) is 31.8 Å². The van der Waals surface area contributed by atoms with Gasteiger partial charge in [0.2, 0.25) is 0 Å². The van der Waals surface area contributed by atoms with Crippen LogP contribution in [0.5, 0.6) is 0 Å². The molecule has 1 N–H and O–H groups in total. The van der Waals surface area contributed by atoms with Crippen molar-refractivity contribution in [3.05, 3.63) is 68.5 Å². The fourth-order valence-electron chi connectivity index (χ4n) is 2.96. The smallest absolute Gasteiger partial charge is 0.266 e. The van der Waals surface area contributed by atoms with Gasteiger partial charge in [-0.3, -0.25) is 4.79 Å². The Morgan fingerprint density at radius 2 is 1.72 bits per heavy atom. The normalized spacial score (nSPS) is 12.1. The lowest BCUT2D eigenvalue weighted by atomic mass is 10.1. The first kappa shape index (κ1) is 24.0. The molecule has 13 heteroatoms. The number of aromatic nitrogens is 3. The maximum atomic E-state index is 13.4. The van der Waals surface area contributed by atoms with E-state index in [2.05, 4.69) is 10.3 Å². The molecular weight excluding hydrogens is 492 g/mol. The number of nitrogens with one attached hydrogen (secondary N) is 1. The molecule has 2 aromatic carbocycles. The molecule has 0 aliphatic rings. The van der Waals surface area contributed by atoms with Gasteiger partial charge in [-0.15, -0.1) is 5.10 Å². The maximum Gasteiger partial charge on any atom is 0.418 e. The third-order valence-corrected chi connectivity index (χ3v) is 6.69. The molecule has 0 saturated carbocycles. The van der Waals surface area contributed by atoms with Crippen LogP contribution in [-0.2, 0) is 16.2 Å². The quantitative estimate of drug-likeness (QED) is 0.556. The van der Waals surface area contributed by atoms with E-state index < -0.39 is 39.1 Å². The van der Waals surface area contributed by atoms with E-state index in [0.717, 1.165) is 10.7 Å². The number of benzene rings is 2. The zero-order chi connectivity index (χ0) is 24.0. The van der Waals surface area contributed by atoms with E-state index in [1.165, 1.54) is 32.0 Å². The minimum atomic E-state index is -4.76. The molecule has 3 rings (SSSR count). The molecule has 0 saturated heterocycles. The van der Waals surface area contributed by atoms with Crippen LogP contribution in [0, 0.1) is 20.8 Å². The van der Waals surface area contributed by atoms with Crippen molar-refractivity contribution in [1.82, 2.24) is 19.7 Å². The van der Waals surface area contributed by atoms with Gasteiger partial charge in [-0.05, 0) is 62.2 Å². The number of carbonyl (C=O) groups excluding carboxylic acids is 1. The Labute approximate surface area is 191 Å². The summed E-state index contributed by atoms with van der Waals surface area (Å²) in [5.74, 6) is -1.15. The van der Waals surface area contributed by atoms with Crippen molar-refractivity contribution in [3.63, 3.8) is 0 Å². The summed E-state index contributed by atoms with van der Waals surface area (Å²) in [6, 6.07) is 5.76. The second-order valence-corrected chi connectivity index (χ2v) is 9.39. The lowest BCUT2D eigenvalue weighted by Gasteiger charge is -2.14. The van der Waals surface area contributed by atoms with Gasteiger partial charge in [-0.2, -0.15) is 13.2 Å². The van der Waals surface area contributed by atoms with Crippen molar-refractivity contribution >= 4 is 39.1 Å². The van der Waals surface area contributed by atoms with Crippen LogP contribution in [0.15, 0.2) is 35.2 Å². The second-order valence-electron chi connectivity index (χ2n) is 6.90. The molecule has 0 aliphatic carbocycles. The molecule has 0 fully saturated rings. The summed E-state index contributed by atoms with van der Waals surface area (Å²) < 4.78 is 68.4. The number of aryl methyl sites for hydroxylation is 2. The van der Waals surface area contributed by atoms with Gasteiger partial charge < -0.3 is 0 Å². The van der Waals surface area contributed by atoms with Crippen LogP contribution >= 0.6 is 23.2 Å². The number of hydrogen-bond donors (Lipinski definition) is 1. The molecule has 0 spiro atoms. The molecule has 0 bridgehead atoms. The Bertz CT molecular complexity index is 1340. The summed E-state index contributed by atoms with van der Waals surface area (Å²) in [4.78, 5) is 12.5. The molecule has 1 amide bonds. The molecule has 170 valence electrons. The highest BCUT2D eigenvalue weighted by Crippen LogP contribution is 2.36. The van der Waals surface area contributed by atoms with E-state index in [-0.39, 0.29) is 15.6 Å². The number of rotatable bonds is 4. The first-order chi connectivity index (χ1) is 14.7. The average molecular weight is 507 g/mol. The Balaban J connectivity index is 1.99. The third-order valence-electron chi connectivity index (χ3n) is 4.57. The van der Waals surface area contributed by atoms with Gasteiger partial charge in [0.15, 0.2) is 5.69 Å². The molecule has 1 heterocycles. The van der Waals surface area contributed by atoms with Crippen molar-refractivity contribution < 1.29 is 26.4 Å². The number of nitrogens with zero attached hydrogens (tertiary/aromatic N) is 3. The molecule has 0 unspecified atom stereocenters. The molecule has 3 aromatic rings. The van der Waals surface area contributed by atoms with Gasteiger partial charge in [-0.1, -0.05) is 28.4 Å². The fraction of sp³-hybridized carbons (Fsp3) is 0.211. The fourth-order valence-corrected chi connectivity index (χ4v) is 4.61. The Hall–Kier alpha value is -2.63. The van der Waals surface area contributed by atoms with Crippen molar-refractivity contribution in [3.8, 4) is 5.69 Å². The largest absolute Gasteiger partial charge is 0.418 e. The Morgan fingerprint density at radius 1 is 1.06 bits per heavy atom. The molecule has 32 heavy (non-hydrogen) atoms. The number of hydrogen-bond acceptors (Lipinski definition) is 5. The number of amides is 1. The summed E-state index contributed by atoms with van der Waals surface area (Å²) >= 11 is 11.7. The van der Waals surface area contributed by atoms with Crippen LogP contribution in [0.4, 0.5) is 13.2 Å². The van der Waals surface area contributed by atoms with Crippen LogP contribution in [0.1, 0.15) is 32.9 Å². The highest BCUT2D eigenvalue weighted by Gasteiger charge is 2.35. The van der Waals surface area contributed by atoms with Gasteiger partial charge in [0, 0.05) is 10.0 Å². The minimum Gasteiger partial charge on any atom is -0.266 e. The minimum absolute atomic E-state index is 0.102. The van der Waals surface area contributed by atoms with E-state index in [0.29, 0.717) is 22.2 Å². The number of alkyl halides is 3. The molecule has 1 aromatic heterocycles. The van der Waals surface area contributed by atoms with E-state index in [9.17, 15) is 26.4 Å². The Kier molecular flexibility index (Phi) is 6.29. The molecule has 0 atom stereocenters. The molecule has 7 nitrogen and oxygen atoms in total. The predicted octanol–water partition coefficient (Wildman–Crippen LogP) is 4.64. The third kappa shape index (κ3) is 4.59. The van der Waals surface area contributed by atoms with Crippen LogP contribution in [0.3, 0.4) is 0 Å². The number of sulfonamides is 1. The van der Waals surface area contributed by atoms with Crippen molar-refractivity contribution in [2.24, 2.45) is 0 Å². The van der Waals surface area contributed by atoms with Crippen LogP contribution < -0.4 is 4.72 Å². The van der Waals surface area contributed by atoms with Gasteiger partial charge in [0.25, 0.3) is 15.9 Å². The second kappa shape index (κ2) is 8.38. The maximum absolute atomic E-state index is 13.4. The van der Waals surface area contributed by atoms with Gasteiger partial charge in [0.05, 0.1) is 21.8 Å². The van der Waals surface area contributed by atoms with Crippen molar-refractivity contribution in [1.29, 1.82) is 0 Å². The summed E-state index contributed by atoms with van der Waals surface area (Å²) in [6.45, 7) is 4.39. The lowest BCUT2D eigenvalue weighted by Crippen LogP contribution is -2.32. The molecule has 0 radical (unpaired) electrons. The van der Waals surface area contributed by atoms with Gasteiger partial charge in [0.1, 0.15) is 0 Å². The first-order valence-corrected chi connectivity index (χ1v) is 11.1. The highest BCUT2D eigenvalue weighted by atomic mass is 35.5. The standard InChI is InChI=1S/C19H15Cl2F3N4O3S/c1-9-7-16(10(2)6-14(9)21)32(30,31)26-18(29)17-11(3)28(27-25-17)15-5-4-12(20)8-13(15)19(22,23)24/h4-8H,1-3H3,(H,26,29). The average Bonchev–Trinajstić information content (AvgIpc) is 3.05. The van der Waals surface area contributed by atoms with E-state index in [1.807, 2.05) is 4.72 Å². The molecule has 0 aliphatic heterocycles. The predicted molar refractivity (Wildman–Crippen MR) is 112 cm³/mol. The summed E-state index contributed by atoms with van der Waals surface area (Å²) in [5.41, 5.74) is -1.29. The highest BCUT2D eigenvalue weighted by molar-refractivity contribution is 7.90.